The van der Waals surface area contributed by atoms with E-state index in [2.05, 4.69) is 5.32 Å². The molecule has 0 aliphatic heterocycles. The number of carboxylic acids is 1. The standard InChI is InChI=1S/C11H11ClN2O4/c12-8-4-1-6(5-9(8)14(17)18)10(11(15)16)13-7-2-3-7/h1,4-5,7,10,13H,2-3H2,(H,15,16). The zero-order chi connectivity index (χ0) is 13.3. The molecule has 7 heteroatoms. The molecule has 1 aliphatic rings. The van der Waals surface area contributed by atoms with E-state index in [1.54, 1.807) is 0 Å². The lowest BCUT2D eigenvalue weighted by Gasteiger charge is -2.14. The van der Waals surface area contributed by atoms with E-state index in [-0.39, 0.29) is 16.8 Å². The highest BCUT2D eigenvalue weighted by atomic mass is 35.5. The molecule has 0 spiro atoms. The van der Waals surface area contributed by atoms with E-state index in [0.29, 0.717) is 5.56 Å². The van der Waals surface area contributed by atoms with Crippen LogP contribution in [-0.4, -0.2) is 22.0 Å². The number of carbonyl (C=O) groups is 1. The summed E-state index contributed by atoms with van der Waals surface area (Å²) in [6.45, 7) is 0. The second-order valence-electron chi connectivity index (χ2n) is 4.18. The van der Waals surface area contributed by atoms with Crippen molar-refractivity contribution in [2.24, 2.45) is 0 Å². The number of hydrogen-bond acceptors (Lipinski definition) is 4. The Balaban J connectivity index is 2.31. The predicted octanol–water partition coefficient (Wildman–Crippen LogP) is 2.13. The molecule has 2 rings (SSSR count). The third-order valence-electron chi connectivity index (χ3n) is 2.73. The van der Waals surface area contributed by atoms with Crippen LogP contribution < -0.4 is 5.32 Å². The fourth-order valence-corrected chi connectivity index (χ4v) is 1.83. The van der Waals surface area contributed by atoms with E-state index in [1.165, 1.54) is 18.2 Å². The molecule has 6 nitrogen and oxygen atoms in total. The Morgan fingerprint density at radius 3 is 2.72 bits per heavy atom. The van der Waals surface area contributed by atoms with Crippen molar-refractivity contribution in [1.82, 2.24) is 5.32 Å². The summed E-state index contributed by atoms with van der Waals surface area (Å²) in [6, 6.07) is 3.29. The molecule has 1 aromatic rings. The summed E-state index contributed by atoms with van der Waals surface area (Å²) in [5.74, 6) is -1.06. The first-order valence-corrected chi connectivity index (χ1v) is 5.79. The molecular weight excluding hydrogens is 260 g/mol. The van der Waals surface area contributed by atoms with Gasteiger partial charge in [-0.1, -0.05) is 17.7 Å². The van der Waals surface area contributed by atoms with Crippen molar-refractivity contribution in [3.05, 3.63) is 38.9 Å². The summed E-state index contributed by atoms with van der Waals surface area (Å²) < 4.78 is 0. The molecule has 0 heterocycles. The highest BCUT2D eigenvalue weighted by molar-refractivity contribution is 6.32. The first-order chi connectivity index (χ1) is 8.49. The molecule has 1 aromatic carbocycles. The summed E-state index contributed by atoms with van der Waals surface area (Å²) >= 11 is 5.68. The summed E-state index contributed by atoms with van der Waals surface area (Å²) in [7, 11) is 0. The molecule has 1 atom stereocenters. The number of aliphatic carboxylic acids is 1. The maximum Gasteiger partial charge on any atom is 0.325 e. The molecule has 0 radical (unpaired) electrons. The maximum atomic E-state index is 11.2. The second-order valence-corrected chi connectivity index (χ2v) is 4.59. The molecule has 1 saturated carbocycles. The minimum atomic E-state index is -1.06. The quantitative estimate of drug-likeness (QED) is 0.631. The average molecular weight is 271 g/mol. The minimum Gasteiger partial charge on any atom is -0.480 e. The van der Waals surface area contributed by atoms with Crippen LogP contribution in [-0.2, 0) is 4.79 Å². The van der Waals surface area contributed by atoms with Gasteiger partial charge in [0.1, 0.15) is 11.1 Å². The number of nitrogens with zero attached hydrogens (tertiary/aromatic N) is 1. The van der Waals surface area contributed by atoms with Crippen LogP contribution in [0.15, 0.2) is 18.2 Å². The predicted molar refractivity (Wildman–Crippen MR) is 64.6 cm³/mol. The fourth-order valence-electron chi connectivity index (χ4n) is 1.64. The Kier molecular flexibility index (Phi) is 3.49. The Hall–Kier alpha value is -1.66. The van der Waals surface area contributed by atoms with E-state index in [4.69, 9.17) is 16.7 Å². The largest absolute Gasteiger partial charge is 0.480 e. The zero-order valence-corrected chi connectivity index (χ0v) is 10.1. The number of rotatable bonds is 5. The van der Waals surface area contributed by atoms with Gasteiger partial charge in [-0.3, -0.25) is 20.2 Å². The number of nitro groups is 1. The van der Waals surface area contributed by atoms with Crippen LogP contribution >= 0.6 is 11.6 Å². The maximum absolute atomic E-state index is 11.2. The van der Waals surface area contributed by atoms with Crippen molar-refractivity contribution in [2.75, 3.05) is 0 Å². The molecule has 0 aromatic heterocycles. The molecule has 1 aliphatic carbocycles. The van der Waals surface area contributed by atoms with Gasteiger partial charge < -0.3 is 5.11 Å². The SMILES string of the molecule is O=C(O)C(NC1CC1)c1ccc(Cl)c([N+](=O)[O-])c1. The average Bonchev–Trinajstić information content (AvgIpc) is 3.10. The molecule has 0 saturated heterocycles. The Bertz CT molecular complexity index is 502. The Labute approximate surface area is 108 Å². The van der Waals surface area contributed by atoms with Gasteiger partial charge >= 0.3 is 5.97 Å². The minimum absolute atomic E-state index is 0.000638. The normalized spacial score (nSPS) is 16.3. The molecule has 2 N–H and O–H groups in total. The molecule has 1 fully saturated rings. The van der Waals surface area contributed by atoms with Crippen molar-refractivity contribution in [1.29, 1.82) is 0 Å². The number of benzene rings is 1. The van der Waals surface area contributed by atoms with Gasteiger partial charge in [0.15, 0.2) is 0 Å². The number of hydrogen-bond donors (Lipinski definition) is 2. The smallest absolute Gasteiger partial charge is 0.325 e. The number of nitrogens with one attached hydrogen (secondary N) is 1. The molecule has 96 valence electrons. The van der Waals surface area contributed by atoms with E-state index < -0.39 is 16.9 Å². The van der Waals surface area contributed by atoms with E-state index in [0.717, 1.165) is 12.8 Å². The van der Waals surface area contributed by atoms with E-state index in [1.807, 2.05) is 0 Å². The van der Waals surface area contributed by atoms with Gasteiger partial charge in [0.25, 0.3) is 5.69 Å². The van der Waals surface area contributed by atoms with Gasteiger partial charge in [-0.25, -0.2) is 0 Å². The summed E-state index contributed by atoms with van der Waals surface area (Å²) in [5.41, 5.74) is 0.0588. The van der Waals surface area contributed by atoms with Gasteiger partial charge in [0, 0.05) is 12.1 Å². The first kappa shape index (κ1) is 12.8. The van der Waals surface area contributed by atoms with Crippen LogP contribution in [0, 0.1) is 10.1 Å². The van der Waals surface area contributed by atoms with E-state index in [9.17, 15) is 14.9 Å². The summed E-state index contributed by atoms with van der Waals surface area (Å²) in [5, 5.41) is 22.8. The lowest BCUT2D eigenvalue weighted by molar-refractivity contribution is -0.384. The molecule has 0 bridgehead atoms. The number of halogens is 1. The summed E-state index contributed by atoms with van der Waals surface area (Å²) in [4.78, 5) is 21.3. The second kappa shape index (κ2) is 4.91. The van der Waals surface area contributed by atoms with Crippen molar-refractivity contribution in [3.8, 4) is 0 Å². The number of carboxylic acid groups (broad SMARTS) is 1. The van der Waals surface area contributed by atoms with Gasteiger partial charge in [0.2, 0.25) is 0 Å². The Morgan fingerprint density at radius 1 is 1.56 bits per heavy atom. The van der Waals surface area contributed by atoms with Gasteiger partial charge in [-0.2, -0.15) is 0 Å². The lowest BCUT2D eigenvalue weighted by atomic mass is 10.1. The van der Waals surface area contributed by atoms with Crippen LogP contribution in [0.2, 0.25) is 5.02 Å². The van der Waals surface area contributed by atoms with Gasteiger partial charge in [0.05, 0.1) is 4.92 Å². The van der Waals surface area contributed by atoms with Gasteiger partial charge in [-0.05, 0) is 24.5 Å². The first-order valence-electron chi connectivity index (χ1n) is 5.41. The van der Waals surface area contributed by atoms with Crippen LogP contribution in [0.5, 0.6) is 0 Å². The van der Waals surface area contributed by atoms with Crippen molar-refractivity contribution < 1.29 is 14.8 Å². The fraction of sp³-hybridized carbons (Fsp3) is 0.364. The molecule has 0 amide bonds. The monoisotopic (exact) mass is 270 g/mol. The molecule has 1 unspecified atom stereocenters. The zero-order valence-electron chi connectivity index (χ0n) is 9.30. The van der Waals surface area contributed by atoms with Crippen LogP contribution in [0.25, 0.3) is 0 Å². The van der Waals surface area contributed by atoms with Crippen molar-refractivity contribution in [3.63, 3.8) is 0 Å². The third-order valence-corrected chi connectivity index (χ3v) is 3.05. The number of nitro benzene ring substituents is 1. The highest BCUT2D eigenvalue weighted by Gasteiger charge is 2.30. The topological polar surface area (TPSA) is 92.5 Å². The van der Waals surface area contributed by atoms with Crippen molar-refractivity contribution >= 4 is 23.3 Å². The molecular formula is C11H11ClN2O4. The highest BCUT2D eigenvalue weighted by Crippen LogP contribution is 2.30. The van der Waals surface area contributed by atoms with Crippen LogP contribution in [0.4, 0.5) is 5.69 Å². The van der Waals surface area contributed by atoms with Gasteiger partial charge in [-0.15, -0.1) is 0 Å². The third kappa shape index (κ3) is 2.77. The molecule has 18 heavy (non-hydrogen) atoms. The summed E-state index contributed by atoms with van der Waals surface area (Å²) in [6.07, 6.45) is 1.86. The lowest BCUT2D eigenvalue weighted by Crippen LogP contribution is -2.30. The van der Waals surface area contributed by atoms with Crippen molar-refractivity contribution in [2.45, 2.75) is 24.9 Å². The van der Waals surface area contributed by atoms with Crippen LogP contribution in [0.3, 0.4) is 0 Å². The van der Waals surface area contributed by atoms with Crippen LogP contribution in [0.1, 0.15) is 24.4 Å². The van der Waals surface area contributed by atoms with E-state index >= 15 is 0 Å². The Morgan fingerprint density at radius 2 is 2.22 bits per heavy atom.